The third-order valence-corrected chi connectivity index (χ3v) is 4.51. The molecule has 1 amide bonds. The molecule has 3 rings (SSSR count). The molecule has 0 saturated heterocycles. The Bertz CT molecular complexity index is 994. The predicted octanol–water partition coefficient (Wildman–Crippen LogP) is 4.53. The molecule has 0 aliphatic rings. The second-order valence-corrected chi connectivity index (χ2v) is 6.45. The number of halogens is 1. The number of carbonyl (C=O) groups is 1. The molecular formula is C20H17ClN4O3. The zero-order valence-corrected chi connectivity index (χ0v) is 15.8. The molecule has 2 aromatic carbocycles. The second-order valence-electron chi connectivity index (χ2n) is 6.04. The van der Waals surface area contributed by atoms with Crippen LogP contribution in [0.4, 0.5) is 17.1 Å². The summed E-state index contributed by atoms with van der Waals surface area (Å²) in [6, 6.07) is 15.1. The second kappa shape index (κ2) is 8.49. The Hall–Kier alpha value is -3.45. The molecular weight excluding hydrogens is 380 g/mol. The van der Waals surface area contributed by atoms with Crippen LogP contribution in [0.3, 0.4) is 0 Å². The molecule has 0 saturated carbocycles. The predicted molar refractivity (Wildman–Crippen MR) is 109 cm³/mol. The van der Waals surface area contributed by atoms with Crippen LogP contribution < -0.4 is 10.2 Å². The van der Waals surface area contributed by atoms with E-state index >= 15 is 0 Å². The van der Waals surface area contributed by atoms with E-state index in [1.165, 1.54) is 12.1 Å². The van der Waals surface area contributed by atoms with Crippen molar-refractivity contribution < 1.29 is 9.72 Å². The Morgan fingerprint density at radius 3 is 2.43 bits per heavy atom. The van der Waals surface area contributed by atoms with E-state index in [-0.39, 0.29) is 16.6 Å². The fraction of sp³-hybridized carbons (Fsp3) is 0.100. The maximum absolute atomic E-state index is 12.5. The molecule has 0 radical (unpaired) electrons. The number of benzene rings is 2. The molecule has 1 aromatic heterocycles. The lowest BCUT2D eigenvalue weighted by molar-refractivity contribution is -0.384. The first-order chi connectivity index (χ1) is 13.5. The summed E-state index contributed by atoms with van der Waals surface area (Å²) in [6.45, 7) is 0.486. The molecule has 0 bridgehead atoms. The van der Waals surface area contributed by atoms with E-state index in [4.69, 9.17) is 11.6 Å². The molecule has 0 aliphatic heterocycles. The van der Waals surface area contributed by atoms with Crippen LogP contribution in [0.15, 0.2) is 67.0 Å². The highest BCUT2D eigenvalue weighted by Crippen LogP contribution is 2.27. The summed E-state index contributed by atoms with van der Waals surface area (Å²) < 4.78 is 0. The van der Waals surface area contributed by atoms with Gasteiger partial charge in [0.25, 0.3) is 11.6 Å². The molecule has 0 spiro atoms. The van der Waals surface area contributed by atoms with Gasteiger partial charge in [0.1, 0.15) is 0 Å². The van der Waals surface area contributed by atoms with Crippen LogP contribution in [0.25, 0.3) is 0 Å². The minimum Gasteiger partial charge on any atom is -0.380 e. The minimum absolute atomic E-state index is 0.0539. The zero-order valence-electron chi connectivity index (χ0n) is 15.0. The van der Waals surface area contributed by atoms with Crippen LogP contribution in [-0.2, 0) is 6.54 Å². The van der Waals surface area contributed by atoms with Crippen molar-refractivity contribution in [2.24, 2.45) is 0 Å². The van der Waals surface area contributed by atoms with Crippen LogP contribution in [0.5, 0.6) is 0 Å². The lowest BCUT2D eigenvalue weighted by atomic mass is 10.1. The molecule has 1 N–H and O–H groups in total. The van der Waals surface area contributed by atoms with Crippen molar-refractivity contribution in [3.8, 4) is 0 Å². The van der Waals surface area contributed by atoms with Crippen molar-refractivity contribution in [2.45, 2.75) is 6.54 Å². The zero-order chi connectivity index (χ0) is 20.1. The lowest BCUT2D eigenvalue weighted by Gasteiger charge is -2.18. The number of hydrogen-bond donors (Lipinski definition) is 1. The van der Waals surface area contributed by atoms with Gasteiger partial charge < -0.3 is 10.2 Å². The summed E-state index contributed by atoms with van der Waals surface area (Å²) in [5, 5.41) is 14.2. The molecule has 0 atom stereocenters. The van der Waals surface area contributed by atoms with Crippen LogP contribution in [-0.4, -0.2) is 22.9 Å². The molecule has 1 heterocycles. The summed E-state index contributed by atoms with van der Waals surface area (Å²) >= 11 is 6.08. The van der Waals surface area contributed by atoms with Gasteiger partial charge >= 0.3 is 0 Å². The monoisotopic (exact) mass is 396 g/mol. The number of nitro groups is 1. The summed E-state index contributed by atoms with van der Waals surface area (Å²) in [5.74, 6) is -0.120. The Labute approximate surface area is 166 Å². The molecule has 142 valence electrons. The number of hydrogen-bond acceptors (Lipinski definition) is 5. The third-order valence-electron chi connectivity index (χ3n) is 4.20. The van der Waals surface area contributed by atoms with Crippen molar-refractivity contribution in [3.63, 3.8) is 0 Å². The highest BCUT2D eigenvalue weighted by molar-refractivity contribution is 6.33. The van der Waals surface area contributed by atoms with E-state index in [2.05, 4.69) is 10.3 Å². The Morgan fingerprint density at radius 2 is 1.82 bits per heavy atom. The van der Waals surface area contributed by atoms with E-state index < -0.39 is 4.92 Å². The van der Waals surface area contributed by atoms with E-state index in [1.807, 2.05) is 24.3 Å². The normalized spacial score (nSPS) is 10.4. The fourth-order valence-corrected chi connectivity index (χ4v) is 2.84. The largest absolute Gasteiger partial charge is 0.380 e. The number of pyridine rings is 1. The number of non-ortho nitro benzene ring substituents is 1. The van der Waals surface area contributed by atoms with Gasteiger partial charge in [-0.2, -0.15) is 0 Å². The number of amides is 1. The molecule has 3 aromatic rings. The minimum atomic E-state index is -0.488. The fourth-order valence-electron chi connectivity index (χ4n) is 2.60. The summed E-state index contributed by atoms with van der Waals surface area (Å²) in [6.07, 6.45) is 3.17. The third kappa shape index (κ3) is 4.44. The van der Waals surface area contributed by atoms with Crippen LogP contribution >= 0.6 is 11.6 Å². The standard InChI is InChI=1S/C20H17ClN4O3/c1-24(20(26)15-8-10-22-11-9-15)16-4-2-14(3-5-16)13-23-19-7-6-17(25(27)28)12-18(19)21/h2-12,23H,13H2,1H3. The van der Waals surface area contributed by atoms with Crippen molar-refractivity contribution in [3.05, 3.63) is 93.3 Å². The highest BCUT2D eigenvalue weighted by Gasteiger charge is 2.13. The van der Waals surface area contributed by atoms with Crippen molar-refractivity contribution in [1.82, 2.24) is 4.98 Å². The van der Waals surface area contributed by atoms with E-state index in [0.29, 0.717) is 17.8 Å². The summed E-state index contributed by atoms with van der Waals surface area (Å²) in [4.78, 5) is 28.2. The molecule has 28 heavy (non-hydrogen) atoms. The molecule has 8 heteroatoms. The SMILES string of the molecule is CN(C(=O)c1ccncc1)c1ccc(CNc2ccc([N+](=O)[O-])cc2Cl)cc1. The topological polar surface area (TPSA) is 88.4 Å². The maximum atomic E-state index is 12.5. The maximum Gasteiger partial charge on any atom is 0.271 e. The van der Waals surface area contributed by atoms with Gasteiger partial charge in [-0.15, -0.1) is 0 Å². The van der Waals surface area contributed by atoms with E-state index in [1.54, 1.807) is 42.5 Å². The number of nitro benzene ring substituents is 1. The lowest BCUT2D eigenvalue weighted by Crippen LogP contribution is -2.26. The molecule has 0 fully saturated rings. The van der Waals surface area contributed by atoms with E-state index in [9.17, 15) is 14.9 Å². The summed E-state index contributed by atoms with van der Waals surface area (Å²) in [7, 11) is 1.71. The Balaban J connectivity index is 1.65. The van der Waals surface area contributed by atoms with Crippen LogP contribution in [0.2, 0.25) is 5.02 Å². The average Bonchev–Trinajstić information content (AvgIpc) is 2.72. The van der Waals surface area contributed by atoms with Crippen molar-refractivity contribution in [1.29, 1.82) is 0 Å². The number of rotatable bonds is 6. The first-order valence-corrected chi connectivity index (χ1v) is 8.78. The van der Waals surface area contributed by atoms with Gasteiger partial charge in [0, 0.05) is 49.4 Å². The highest BCUT2D eigenvalue weighted by atomic mass is 35.5. The van der Waals surface area contributed by atoms with Gasteiger partial charge in [-0.05, 0) is 35.9 Å². The van der Waals surface area contributed by atoms with Crippen LogP contribution in [0.1, 0.15) is 15.9 Å². The smallest absolute Gasteiger partial charge is 0.271 e. The first kappa shape index (κ1) is 19.3. The molecule has 0 aliphatic carbocycles. The van der Waals surface area contributed by atoms with Gasteiger partial charge in [-0.1, -0.05) is 23.7 Å². The molecule has 0 unspecified atom stereocenters. The average molecular weight is 397 g/mol. The van der Waals surface area contributed by atoms with Crippen molar-refractivity contribution in [2.75, 3.05) is 17.3 Å². The number of nitrogens with zero attached hydrogens (tertiary/aromatic N) is 3. The number of anilines is 2. The van der Waals surface area contributed by atoms with Gasteiger partial charge in [-0.3, -0.25) is 19.9 Å². The number of carbonyl (C=O) groups excluding carboxylic acids is 1. The Morgan fingerprint density at radius 1 is 1.14 bits per heavy atom. The van der Waals surface area contributed by atoms with Gasteiger partial charge in [-0.25, -0.2) is 0 Å². The molecule has 7 nitrogen and oxygen atoms in total. The first-order valence-electron chi connectivity index (χ1n) is 8.40. The Kier molecular flexibility index (Phi) is 5.86. The number of aromatic nitrogens is 1. The van der Waals surface area contributed by atoms with Gasteiger partial charge in [0.2, 0.25) is 0 Å². The summed E-state index contributed by atoms with van der Waals surface area (Å²) in [5.41, 5.74) is 2.86. The van der Waals surface area contributed by atoms with Crippen molar-refractivity contribution >= 4 is 34.6 Å². The van der Waals surface area contributed by atoms with E-state index in [0.717, 1.165) is 11.3 Å². The van der Waals surface area contributed by atoms with Gasteiger partial charge in [0.05, 0.1) is 15.6 Å². The number of nitrogens with one attached hydrogen (secondary N) is 1. The van der Waals surface area contributed by atoms with Crippen LogP contribution in [0, 0.1) is 10.1 Å². The quantitative estimate of drug-likeness (QED) is 0.488. The van der Waals surface area contributed by atoms with Gasteiger partial charge in [0.15, 0.2) is 0 Å².